The molecule has 1 aromatic carbocycles. The molecule has 1 aliphatic rings. The van der Waals surface area contributed by atoms with Gasteiger partial charge in [-0.05, 0) is 24.8 Å². The first kappa shape index (κ1) is 11.6. The van der Waals surface area contributed by atoms with Crippen molar-refractivity contribution < 1.29 is 5.11 Å². The third kappa shape index (κ3) is 2.83. The number of hydrogen-bond acceptors (Lipinski definition) is 2. The van der Waals surface area contributed by atoms with Gasteiger partial charge in [-0.3, -0.25) is 4.90 Å². The molecule has 2 nitrogen and oxygen atoms in total. The fourth-order valence-corrected chi connectivity index (χ4v) is 2.31. The lowest BCUT2D eigenvalue weighted by atomic mass is 9.96. The Morgan fingerprint density at radius 3 is 2.62 bits per heavy atom. The third-order valence-electron chi connectivity index (χ3n) is 3.47. The number of piperidine rings is 1. The highest BCUT2D eigenvalue weighted by molar-refractivity contribution is 5.21. The van der Waals surface area contributed by atoms with E-state index in [1.807, 2.05) is 0 Å². The van der Waals surface area contributed by atoms with Gasteiger partial charge in [0, 0.05) is 19.6 Å². The molecule has 1 heterocycles. The Morgan fingerprint density at radius 1 is 1.31 bits per heavy atom. The summed E-state index contributed by atoms with van der Waals surface area (Å²) >= 11 is 0. The molecule has 88 valence electrons. The molecule has 2 atom stereocenters. The standard InChI is InChI=1S/C14H21NO/c1-11-3-5-13(6-4-11)10-15-8-7-14(16)12(2)9-15/h3-6,12,14,16H,7-10H2,1-2H3/t12-,14+/m1/s1. The molecule has 1 aromatic rings. The fraction of sp³-hybridized carbons (Fsp3) is 0.571. The highest BCUT2D eigenvalue weighted by Crippen LogP contribution is 2.18. The van der Waals surface area contributed by atoms with Crippen LogP contribution in [-0.4, -0.2) is 29.2 Å². The Labute approximate surface area is 97.9 Å². The number of rotatable bonds is 2. The lowest BCUT2D eigenvalue weighted by Crippen LogP contribution is -2.41. The van der Waals surface area contributed by atoms with Crippen molar-refractivity contribution in [2.24, 2.45) is 5.92 Å². The molecular formula is C14H21NO. The zero-order chi connectivity index (χ0) is 11.5. The lowest BCUT2D eigenvalue weighted by Gasteiger charge is -2.34. The Balaban J connectivity index is 1.93. The molecule has 0 saturated carbocycles. The lowest BCUT2D eigenvalue weighted by molar-refractivity contribution is 0.0320. The van der Waals surface area contributed by atoms with Crippen LogP contribution < -0.4 is 0 Å². The normalized spacial score (nSPS) is 26.9. The minimum absolute atomic E-state index is 0.103. The second kappa shape index (κ2) is 4.98. The average molecular weight is 219 g/mol. The van der Waals surface area contributed by atoms with Crippen molar-refractivity contribution in [2.75, 3.05) is 13.1 Å². The van der Waals surface area contributed by atoms with Crippen LogP contribution in [0.4, 0.5) is 0 Å². The zero-order valence-electron chi connectivity index (χ0n) is 10.2. The third-order valence-corrected chi connectivity index (χ3v) is 3.47. The van der Waals surface area contributed by atoms with Crippen molar-refractivity contribution in [1.29, 1.82) is 0 Å². The maximum atomic E-state index is 9.67. The van der Waals surface area contributed by atoms with Crippen LogP contribution in [0.15, 0.2) is 24.3 Å². The van der Waals surface area contributed by atoms with E-state index in [-0.39, 0.29) is 6.10 Å². The predicted octanol–water partition coefficient (Wildman–Crippen LogP) is 2.20. The number of hydrogen-bond donors (Lipinski definition) is 1. The van der Waals surface area contributed by atoms with E-state index in [4.69, 9.17) is 0 Å². The largest absolute Gasteiger partial charge is 0.393 e. The summed E-state index contributed by atoms with van der Waals surface area (Å²) in [4.78, 5) is 2.43. The van der Waals surface area contributed by atoms with Crippen LogP contribution in [0.3, 0.4) is 0 Å². The summed E-state index contributed by atoms with van der Waals surface area (Å²) in [6.07, 6.45) is 0.807. The van der Waals surface area contributed by atoms with E-state index in [1.165, 1.54) is 11.1 Å². The quantitative estimate of drug-likeness (QED) is 0.824. The topological polar surface area (TPSA) is 23.5 Å². The van der Waals surface area contributed by atoms with Gasteiger partial charge in [-0.2, -0.15) is 0 Å². The van der Waals surface area contributed by atoms with Crippen LogP contribution >= 0.6 is 0 Å². The smallest absolute Gasteiger partial charge is 0.0590 e. The zero-order valence-corrected chi connectivity index (χ0v) is 10.2. The molecule has 0 aromatic heterocycles. The molecular weight excluding hydrogens is 198 g/mol. The van der Waals surface area contributed by atoms with Gasteiger partial charge in [0.25, 0.3) is 0 Å². The van der Waals surface area contributed by atoms with E-state index >= 15 is 0 Å². The van der Waals surface area contributed by atoms with Gasteiger partial charge in [0.2, 0.25) is 0 Å². The molecule has 0 spiro atoms. The number of benzene rings is 1. The molecule has 2 rings (SSSR count). The SMILES string of the molecule is Cc1ccc(CN2CC[C@H](O)[C@H](C)C2)cc1. The Bertz CT molecular complexity index is 333. The van der Waals surface area contributed by atoms with Crippen molar-refractivity contribution >= 4 is 0 Å². The molecule has 1 saturated heterocycles. The fourth-order valence-electron chi connectivity index (χ4n) is 2.31. The number of likely N-dealkylation sites (tertiary alicyclic amines) is 1. The summed E-state index contributed by atoms with van der Waals surface area (Å²) in [7, 11) is 0. The number of nitrogens with zero attached hydrogens (tertiary/aromatic N) is 1. The van der Waals surface area contributed by atoms with E-state index in [1.54, 1.807) is 0 Å². The van der Waals surface area contributed by atoms with E-state index in [2.05, 4.69) is 43.0 Å². The number of aliphatic hydroxyl groups excluding tert-OH is 1. The first-order valence-corrected chi connectivity index (χ1v) is 6.11. The van der Waals surface area contributed by atoms with Crippen molar-refractivity contribution in [3.8, 4) is 0 Å². The van der Waals surface area contributed by atoms with Gasteiger partial charge >= 0.3 is 0 Å². The average Bonchev–Trinajstić information content (AvgIpc) is 2.27. The van der Waals surface area contributed by atoms with Gasteiger partial charge in [0.1, 0.15) is 0 Å². The van der Waals surface area contributed by atoms with E-state index < -0.39 is 0 Å². The van der Waals surface area contributed by atoms with Crippen LogP contribution in [0.25, 0.3) is 0 Å². The molecule has 0 aliphatic carbocycles. The molecule has 1 N–H and O–H groups in total. The van der Waals surface area contributed by atoms with E-state index in [0.29, 0.717) is 5.92 Å². The Morgan fingerprint density at radius 2 is 2.00 bits per heavy atom. The van der Waals surface area contributed by atoms with Crippen LogP contribution in [0.2, 0.25) is 0 Å². The molecule has 1 fully saturated rings. The summed E-state index contributed by atoms with van der Waals surface area (Å²) in [5, 5.41) is 9.67. The monoisotopic (exact) mass is 219 g/mol. The molecule has 0 bridgehead atoms. The highest BCUT2D eigenvalue weighted by Gasteiger charge is 2.23. The van der Waals surface area contributed by atoms with Gasteiger partial charge in [-0.1, -0.05) is 36.8 Å². The van der Waals surface area contributed by atoms with Gasteiger partial charge in [-0.25, -0.2) is 0 Å². The number of aliphatic hydroxyl groups is 1. The minimum Gasteiger partial charge on any atom is -0.393 e. The summed E-state index contributed by atoms with van der Waals surface area (Å²) in [6.45, 7) is 7.28. The number of aryl methyl sites for hydroxylation is 1. The highest BCUT2D eigenvalue weighted by atomic mass is 16.3. The molecule has 2 heteroatoms. The summed E-state index contributed by atoms with van der Waals surface area (Å²) in [5.74, 6) is 0.402. The first-order valence-electron chi connectivity index (χ1n) is 6.11. The Hall–Kier alpha value is -0.860. The van der Waals surface area contributed by atoms with E-state index in [0.717, 1.165) is 26.1 Å². The molecule has 0 radical (unpaired) electrons. The molecule has 1 aliphatic heterocycles. The predicted molar refractivity (Wildman–Crippen MR) is 66.2 cm³/mol. The van der Waals surface area contributed by atoms with Crippen molar-refractivity contribution in [2.45, 2.75) is 32.9 Å². The minimum atomic E-state index is -0.103. The van der Waals surface area contributed by atoms with Gasteiger partial charge in [0.15, 0.2) is 0 Å². The first-order chi connectivity index (χ1) is 7.65. The van der Waals surface area contributed by atoms with Crippen LogP contribution in [0.5, 0.6) is 0 Å². The summed E-state index contributed by atoms with van der Waals surface area (Å²) < 4.78 is 0. The van der Waals surface area contributed by atoms with Crippen LogP contribution in [0, 0.1) is 12.8 Å². The molecule has 16 heavy (non-hydrogen) atoms. The van der Waals surface area contributed by atoms with Crippen molar-refractivity contribution in [1.82, 2.24) is 4.90 Å². The van der Waals surface area contributed by atoms with Gasteiger partial charge in [-0.15, -0.1) is 0 Å². The second-order valence-corrected chi connectivity index (χ2v) is 5.05. The van der Waals surface area contributed by atoms with Crippen molar-refractivity contribution in [3.63, 3.8) is 0 Å². The molecule has 0 unspecified atom stereocenters. The van der Waals surface area contributed by atoms with Gasteiger partial charge < -0.3 is 5.11 Å². The Kier molecular flexibility index (Phi) is 3.62. The maximum absolute atomic E-state index is 9.67. The summed E-state index contributed by atoms with van der Waals surface area (Å²) in [5.41, 5.74) is 2.68. The second-order valence-electron chi connectivity index (χ2n) is 5.05. The van der Waals surface area contributed by atoms with E-state index in [9.17, 15) is 5.11 Å². The van der Waals surface area contributed by atoms with Gasteiger partial charge in [0.05, 0.1) is 6.10 Å². The van der Waals surface area contributed by atoms with Crippen LogP contribution in [-0.2, 0) is 6.54 Å². The molecule has 0 amide bonds. The summed E-state index contributed by atoms with van der Waals surface area (Å²) in [6, 6.07) is 8.73. The van der Waals surface area contributed by atoms with Crippen LogP contribution in [0.1, 0.15) is 24.5 Å². The maximum Gasteiger partial charge on any atom is 0.0590 e. The van der Waals surface area contributed by atoms with Crippen molar-refractivity contribution in [3.05, 3.63) is 35.4 Å².